The van der Waals surface area contributed by atoms with Crippen LogP contribution in [0.4, 0.5) is 0 Å². The number of esters is 1. The summed E-state index contributed by atoms with van der Waals surface area (Å²) in [5.41, 5.74) is 0.171. The van der Waals surface area contributed by atoms with Crippen LogP contribution in [0.2, 0.25) is 0 Å². The number of Topliss-reactive ketones (excluding diaryl/α,β-unsaturated/α-hetero) is 1. The average molecular weight is 304 g/mol. The molecule has 0 spiro atoms. The van der Waals surface area contributed by atoms with Gasteiger partial charge in [-0.25, -0.2) is 4.79 Å². The number of carbonyl (C=O) groups excluding carboxylic acids is 2. The number of ketones is 1. The molecule has 0 unspecified atom stereocenters. The van der Waals surface area contributed by atoms with Crippen molar-refractivity contribution in [1.82, 2.24) is 0 Å². The molecule has 0 N–H and O–H groups in total. The van der Waals surface area contributed by atoms with Crippen LogP contribution in [0.3, 0.4) is 0 Å². The maximum atomic E-state index is 12.2. The van der Waals surface area contributed by atoms with Crippen molar-refractivity contribution in [3.63, 3.8) is 0 Å². The van der Waals surface area contributed by atoms with E-state index in [-0.39, 0.29) is 17.3 Å². The molecule has 2 aliphatic rings. The minimum Gasteiger partial charge on any atom is -0.463 e. The van der Waals surface area contributed by atoms with Gasteiger partial charge in [-0.15, -0.1) is 0 Å². The van der Waals surface area contributed by atoms with Gasteiger partial charge in [0.15, 0.2) is 0 Å². The summed E-state index contributed by atoms with van der Waals surface area (Å²) in [6.07, 6.45) is 12.5. The zero-order valence-electron chi connectivity index (χ0n) is 14.0. The first-order valence-electron chi connectivity index (χ1n) is 8.53. The number of allylic oxidation sites excluding steroid dienone is 3. The number of carbonyl (C=O) groups is 2. The van der Waals surface area contributed by atoms with Gasteiger partial charge in [-0.3, -0.25) is 4.79 Å². The van der Waals surface area contributed by atoms with E-state index in [2.05, 4.69) is 19.9 Å². The van der Waals surface area contributed by atoms with Gasteiger partial charge < -0.3 is 4.74 Å². The lowest BCUT2D eigenvalue weighted by Crippen LogP contribution is -2.39. The second kappa shape index (κ2) is 7.26. The van der Waals surface area contributed by atoms with E-state index >= 15 is 0 Å². The highest BCUT2D eigenvalue weighted by Crippen LogP contribution is 2.56. The molecular formula is C19H28O3. The van der Waals surface area contributed by atoms with E-state index in [9.17, 15) is 9.59 Å². The lowest BCUT2D eigenvalue weighted by molar-refractivity contribution is -0.137. The fraction of sp³-hybridized carbons (Fsp3) is 0.684. The molecule has 3 nitrogen and oxygen atoms in total. The van der Waals surface area contributed by atoms with Crippen molar-refractivity contribution < 1.29 is 14.3 Å². The Bertz CT molecular complexity index is 477. The van der Waals surface area contributed by atoms with Crippen LogP contribution in [0.15, 0.2) is 24.3 Å². The quantitative estimate of drug-likeness (QED) is 0.436. The summed E-state index contributed by atoms with van der Waals surface area (Å²) in [6, 6.07) is 0. The Morgan fingerprint density at radius 1 is 1.41 bits per heavy atom. The number of ether oxygens (including phenoxy) is 1. The zero-order valence-corrected chi connectivity index (χ0v) is 14.0. The van der Waals surface area contributed by atoms with Crippen molar-refractivity contribution in [2.75, 3.05) is 6.61 Å². The molecule has 2 aliphatic carbocycles. The summed E-state index contributed by atoms with van der Waals surface area (Å²) in [7, 11) is 0. The van der Waals surface area contributed by atoms with E-state index in [0.29, 0.717) is 24.2 Å². The topological polar surface area (TPSA) is 43.4 Å². The fourth-order valence-corrected chi connectivity index (χ4v) is 4.53. The van der Waals surface area contributed by atoms with Crippen molar-refractivity contribution in [3.05, 3.63) is 24.3 Å². The van der Waals surface area contributed by atoms with Crippen LogP contribution in [-0.4, -0.2) is 18.4 Å². The predicted octanol–water partition coefficient (Wildman–Crippen LogP) is 4.08. The van der Waals surface area contributed by atoms with E-state index in [1.165, 1.54) is 12.5 Å². The minimum atomic E-state index is -0.300. The molecule has 3 heteroatoms. The smallest absolute Gasteiger partial charge is 0.330 e. The summed E-state index contributed by atoms with van der Waals surface area (Å²) in [6.45, 7) is 6.74. The Morgan fingerprint density at radius 2 is 2.18 bits per heavy atom. The van der Waals surface area contributed by atoms with Gasteiger partial charge >= 0.3 is 5.97 Å². The van der Waals surface area contributed by atoms with Gasteiger partial charge in [0.05, 0.1) is 6.61 Å². The van der Waals surface area contributed by atoms with Crippen LogP contribution in [0.25, 0.3) is 0 Å². The third kappa shape index (κ3) is 3.50. The van der Waals surface area contributed by atoms with E-state index in [4.69, 9.17) is 4.74 Å². The normalized spacial score (nSPS) is 33.3. The summed E-state index contributed by atoms with van der Waals surface area (Å²) in [5.74, 6) is 1.44. The molecule has 0 saturated heterocycles. The van der Waals surface area contributed by atoms with Crippen LogP contribution >= 0.6 is 0 Å². The Labute approximate surface area is 133 Å². The molecular weight excluding hydrogens is 276 g/mol. The molecule has 0 amide bonds. The van der Waals surface area contributed by atoms with Crippen LogP contribution in [0.1, 0.15) is 52.9 Å². The average Bonchev–Trinajstić information content (AvgIpc) is 2.82. The summed E-state index contributed by atoms with van der Waals surface area (Å²) in [5, 5.41) is 0. The third-order valence-electron chi connectivity index (χ3n) is 5.62. The highest BCUT2D eigenvalue weighted by atomic mass is 16.5. The van der Waals surface area contributed by atoms with Gasteiger partial charge in [-0.05, 0) is 49.9 Å². The Morgan fingerprint density at radius 3 is 2.91 bits per heavy atom. The van der Waals surface area contributed by atoms with Crippen molar-refractivity contribution in [1.29, 1.82) is 0 Å². The van der Waals surface area contributed by atoms with Crippen LogP contribution in [0, 0.1) is 23.2 Å². The molecule has 2 rings (SSSR count). The minimum absolute atomic E-state index is 0.171. The maximum Gasteiger partial charge on any atom is 0.330 e. The zero-order chi connectivity index (χ0) is 16.2. The number of hydrogen-bond acceptors (Lipinski definition) is 3. The van der Waals surface area contributed by atoms with E-state index < -0.39 is 0 Å². The lowest BCUT2D eigenvalue weighted by atomic mass is 9.62. The largest absolute Gasteiger partial charge is 0.463 e. The standard InChI is InChI=1S/C19H28O3/c1-4-22-18(21)10-6-5-8-14(2)15-11-12-16-17(20)9-7-13-19(15,16)3/h5-6,8,10,14-16H,4,7,9,11-13H2,1-3H3/b8-5+,10-6+/t14-,15-,16-,19-/m1/s1. The Hall–Kier alpha value is -1.38. The van der Waals surface area contributed by atoms with Crippen LogP contribution < -0.4 is 0 Å². The van der Waals surface area contributed by atoms with E-state index in [1.807, 2.05) is 6.08 Å². The summed E-state index contributed by atoms with van der Waals surface area (Å²) < 4.78 is 4.85. The van der Waals surface area contributed by atoms with Crippen molar-refractivity contribution in [2.24, 2.45) is 23.2 Å². The molecule has 0 aliphatic heterocycles. The second-order valence-electron chi connectivity index (χ2n) is 6.92. The van der Waals surface area contributed by atoms with Gasteiger partial charge in [-0.2, -0.15) is 0 Å². The molecule has 0 aromatic heterocycles. The maximum absolute atomic E-state index is 12.2. The first-order chi connectivity index (χ1) is 10.5. The first-order valence-corrected chi connectivity index (χ1v) is 8.53. The molecule has 2 saturated carbocycles. The summed E-state index contributed by atoms with van der Waals surface area (Å²) in [4.78, 5) is 23.4. The highest BCUT2D eigenvalue weighted by molar-refractivity contribution is 5.83. The molecule has 0 radical (unpaired) electrons. The van der Waals surface area contributed by atoms with Crippen molar-refractivity contribution in [2.45, 2.75) is 52.9 Å². The van der Waals surface area contributed by atoms with Crippen LogP contribution in [-0.2, 0) is 14.3 Å². The summed E-state index contributed by atoms with van der Waals surface area (Å²) >= 11 is 0. The second-order valence-corrected chi connectivity index (χ2v) is 6.92. The number of hydrogen-bond donors (Lipinski definition) is 0. The van der Waals surface area contributed by atoms with Gasteiger partial charge in [0.2, 0.25) is 0 Å². The molecule has 22 heavy (non-hydrogen) atoms. The SMILES string of the molecule is CCOC(=O)/C=C/C=C/[C@@H](C)[C@H]1CC[C@@H]2C(=O)CCC[C@@]21C. The molecule has 0 heterocycles. The first kappa shape index (κ1) is 17.0. The number of rotatable bonds is 5. The molecule has 0 aromatic carbocycles. The molecule has 4 atom stereocenters. The van der Waals surface area contributed by atoms with Crippen LogP contribution in [0.5, 0.6) is 0 Å². The lowest BCUT2D eigenvalue weighted by Gasteiger charge is -2.41. The van der Waals surface area contributed by atoms with Gasteiger partial charge in [0.25, 0.3) is 0 Å². The third-order valence-corrected chi connectivity index (χ3v) is 5.62. The van der Waals surface area contributed by atoms with Gasteiger partial charge in [0.1, 0.15) is 5.78 Å². The Kier molecular flexibility index (Phi) is 5.60. The van der Waals surface area contributed by atoms with Crippen molar-refractivity contribution in [3.8, 4) is 0 Å². The molecule has 0 aromatic rings. The fourth-order valence-electron chi connectivity index (χ4n) is 4.53. The van der Waals surface area contributed by atoms with E-state index in [1.54, 1.807) is 13.0 Å². The molecule has 0 bridgehead atoms. The van der Waals surface area contributed by atoms with Gasteiger partial charge in [-0.1, -0.05) is 32.1 Å². The molecule has 122 valence electrons. The highest BCUT2D eigenvalue weighted by Gasteiger charge is 2.51. The van der Waals surface area contributed by atoms with E-state index in [0.717, 1.165) is 25.7 Å². The Balaban J connectivity index is 1.96. The van der Waals surface area contributed by atoms with Gasteiger partial charge in [0, 0.05) is 18.4 Å². The molecule has 2 fully saturated rings. The monoisotopic (exact) mass is 304 g/mol. The predicted molar refractivity (Wildman–Crippen MR) is 87.3 cm³/mol. The number of fused-ring (bicyclic) bond motifs is 1. The van der Waals surface area contributed by atoms with Crippen molar-refractivity contribution >= 4 is 11.8 Å².